The summed E-state index contributed by atoms with van der Waals surface area (Å²) in [6.07, 6.45) is 3.76. The van der Waals surface area contributed by atoms with Gasteiger partial charge in [-0.2, -0.15) is 4.31 Å². The van der Waals surface area contributed by atoms with Crippen LogP contribution in [0.1, 0.15) is 18.0 Å². The van der Waals surface area contributed by atoms with Crippen LogP contribution in [0.2, 0.25) is 5.02 Å². The Balaban J connectivity index is 1.90. The lowest BCUT2D eigenvalue weighted by Gasteiger charge is -2.39. The first-order chi connectivity index (χ1) is 9.59. The van der Waals surface area contributed by atoms with Crippen molar-refractivity contribution in [2.45, 2.75) is 17.4 Å². The summed E-state index contributed by atoms with van der Waals surface area (Å²) in [6.45, 7) is 0.532. The topological polar surface area (TPSA) is 50.3 Å². The summed E-state index contributed by atoms with van der Waals surface area (Å²) in [5.74, 6) is 0. The first-order valence-electron chi connectivity index (χ1n) is 6.26. The van der Waals surface area contributed by atoms with Crippen molar-refractivity contribution in [3.05, 3.63) is 59.4 Å². The zero-order valence-corrected chi connectivity index (χ0v) is 12.2. The van der Waals surface area contributed by atoms with Crippen LogP contribution in [0.15, 0.2) is 53.7 Å². The summed E-state index contributed by atoms with van der Waals surface area (Å²) < 4.78 is 26.6. The molecule has 6 heteroatoms. The van der Waals surface area contributed by atoms with Gasteiger partial charge in [0.15, 0.2) is 0 Å². The Morgan fingerprint density at radius 2 is 1.95 bits per heavy atom. The Morgan fingerprint density at radius 3 is 2.50 bits per heavy atom. The lowest BCUT2D eigenvalue weighted by Crippen LogP contribution is -2.44. The maximum absolute atomic E-state index is 12.5. The Hall–Kier alpha value is -1.43. The van der Waals surface area contributed by atoms with Crippen molar-refractivity contribution < 1.29 is 8.42 Å². The third-order valence-electron chi connectivity index (χ3n) is 3.47. The van der Waals surface area contributed by atoms with Gasteiger partial charge in [-0.3, -0.25) is 4.98 Å². The lowest BCUT2D eigenvalue weighted by atomic mass is 9.98. The lowest BCUT2D eigenvalue weighted by molar-refractivity contribution is 0.202. The largest absolute Gasteiger partial charge is 0.263 e. The van der Waals surface area contributed by atoms with Crippen molar-refractivity contribution >= 4 is 21.6 Å². The molecule has 0 radical (unpaired) electrons. The fourth-order valence-corrected chi connectivity index (χ4v) is 4.05. The molecule has 104 valence electrons. The minimum Gasteiger partial charge on any atom is -0.263 e. The molecule has 3 rings (SSSR count). The molecule has 0 spiro atoms. The highest BCUT2D eigenvalue weighted by molar-refractivity contribution is 7.89. The molecule has 0 aliphatic carbocycles. The van der Waals surface area contributed by atoms with Gasteiger partial charge in [-0.05, 0) is 36.2 Å². The van der Waals surface area contributed by atoms with Crippen molar-refractivity contribution in [3.8, 4) is 0 Å². The Labute approximate surface area is 123 Å². The molecule has 1 atom stereocenters. The highest BCUT2D eigenvalue weighted by Gasteiger charge is 2.39. The van der Waals surface area contributed by atoms with Gasteiger partial charge in [0.05, 0.1) is 6.04 Å². The number of hydrogen-bond donors (Lipinski definition) is 0. The Bertz CT molecular complexity index is 702. The summed E-state index contributed by atoms with van der Waals surface area (Å²) in [7, 11) is -3.47. The van der Waals surface area contributed by atoms with Crippen LogP contribution < -0.4 is 0 Å². The fraction of sp³-hybridized carbons (Fsp3) is 0.214. The van der Waals surface area contributed by atoms with Gasteiger partial charge in [-0.1, -0.05) is 23.7 Å². The van der Waals surface area contributed by atoms with Crippen molar-refractivity contribution in [1.82, 2.24) is 9.29 Å². The summed E-state index contributed by atoms with van der Waals surface area (Å²) in [4.78, 5) is 4.11. The van der Waals surface area contributed by atoms with Gasteiger partial charge in [0.1, 0.15) is 4.90 Å². The molecule has 1 aromatic carbocycles. The minimum absolute atomic E-state index is 0.113. The normalized spacial score (nSPS) is 19.6. The SMILES string of the molecule is O=S(=O)(c1cccnc1)N1CC[C@@H]1c1ccc(Cl)cc1. The molecule has 1 aliphatic rings. The number of benzene rings is 1. The number of rotatable bonds is 3. The number of aromatic nitrogens is 1. The molecule has 0 unspecified atom stereocenters. The van der Waals surface area contributed by atoms with Gasteiger partial charge >= 0.3 is 0 Å². The molecule has 1 fully saturated rings. The number of pyridine rings is 1. The predicted molar refractivity (Wildman–Crippen MR) is 76.9 cm³/mol. The van der Waals surface area contributed by atoms with E-state index in [0.29, 0.717) is 11.6 Å². The van der Waals surface area contributed by atoms with Crippen LogP contribution in [0.25, 0.3) is 0 Å². The highest BCUT2D eigenvalue weighted by atomic mass is 35.5. The second-order valence-corrected chi connectivity index (χ2v) is 6.99. The summed E-state index contributed by atoms with van der Waals surface area (Å²) in [5.41, 5.74) is 0.966. The van der Waals surface area contributed by atoms with Crippen LogP contribution >= 0.6 is 11.6 Å². The van der Waals surface area contributed by atoms with E-state index < -0.39 is 10.0 Å². The third-order valence-corrected chi connectivity index (χ3v) is 5.61. The summed E-state index contributed by atoms with van der Waals surface area (Å²) in [5, 5.41) is 0.648. The van der Waals surface area contributed by atoms with Crippen molar-refractivity contribution in [2.24, 2.45) is 0 Å². The van der Waals surface area contributed by atoms with Crippen LogP contribution in [0.3, 0.4) is 0 Å². The van der Waals surface area contributed by atoms with E-state index in [4.69, 9.17) is 11.6 Å². The first-order valence-corrected chi connectivity index (χ1v) is 8.08. The Morgan fingerprint density at radius 1 is 1.20 bits per heavy atom. The van der Waals surface area contributed by atoms with Crippen LogP contribution in [0, 0.1) is 0 Å². The van der Waals surface area contributed by atoms with Gasteiger partial charge in [-0.15, -0.1) is 0 Å². The molecule has 4 nitrogen and oxygen atoms in total. The Kier molecular flexibility index (Phi) is 3.50. The van der Waals surface area contributed by atoms with Crippen LogP contribution in [0.4, 0.5) is 0 Å². The zero-order valence-electron chi connectivity index (χ0n) is 10.6. The zero-order chi connectivity index (χ0) is 14.2. The maximum atomic E-state index is 12.5. The average Bonchev–Trinajstić information content (AvgIpc) is 2.40. The molecule has 1 saturated heterocycles. The molecule has 20 heavy (non-hydrogen) atoms. The molecule has 0 amide bonds. The molecule has 0 N–H and O–H groups in total. The molecular formula is C14H13ClN2O2S. The van der Waals surface area contributed by atoms with Crippen molar-refractivity contribution in [1.29, 1.82) is 0 Å². The number of hydrogen-bond acceptors (Lipinski definition) is 3. The second kappa shape index (κ2) is 5.16. The smallest absolute Gasteiger partial charge is 0.245 e. The summed E-state index contributed by atoms with van der Waals surface area (Å²) in [6, 6.07) is 10.4. The van der Waals surface area contributed by atoms with Crippen LogP contribution in [0.5, 0.6) is 0 Å². The predicted octanol–water partition coefficient (Wildman–Crippen LogP) is 2.87. The van der Waals surface area contributed by atoms with Gasteiger partial charge in [0, 0.05) is 24.0 Å². The van der Waals surface area contributed by atoms with Gasteiger partial charge in [-0.25, -0.2) is 8.42 Å². The molecule has 0 saturated carbocycles. The minimum atomic E-state index is -3.47. The summed E-state index contributed by atoms with van der Waals surface area (Å²) >= 11 is 5.86. The molecule has 1 aromatic heterocycles. The van der Waals surface area contributed by atoms with Gasteiger partial charge in [0.25, 0.3) is 0 Å². The molecular weight excluding hydrogens is 296 g/mol. The van der Waals surface area contributed by atoms with E-state index in [-0.39, 0.29) is 10.9 Å². The quantitative estimate of drug-likeness (QED) is 0.876. The van der Waals surface area contributed by atoms with E-state index in [1.165, 1.54) is 10.5 Å². The van der Waals surface area contributed by atoms with Crippen LogP contribution in [-0.2, 0) is 10.0 Å². The highest BCUT2D eigenvalue weighted by Crippen LogP contribution is 2.38. The molecule has 2 aromatic rings. The van der Waals surface area contributed by atoms with Crippen LogP contribution in [-0.4, -0.2) is 24.3 Å². The third kappa shape index (κ3) is 2.32. The van der Waals surface area contributed by atoms with E-state index >= 15 is 0 Å². The second-order valence-electron chi connectivity index (χ2n) is 4.66. The molecule has 0 bridgehead atoms. The standard InChI is InChI=1S/C14H13ClN2O2S/c15-12-5-3-11(4-6-12)14-7-9-17(14)20(18,19)13-2-1-8-16-10-13/h1-6,8,10,14H,7,9H2/t14-/m1/s1. The average molecular weight is 309 g/mol. The number of nitrogens with zero attached hydrogens (tertiary/aromatic N) is 2. The van der Waals surface area contributed by atoms with E-state index in [2.05, 4.69) is 4.98 Å². The fourth-order valence-electron chi connectivity index (χ4n) is 2.30. The molecule has 2 heterocycles. The van der Waals surface area contributed by atoms with E-state index in [1.807, 2.05) is 12.1 Å². The monoisotopic (exact) mass is 308 g/mol. The first kappa shape index (κ1) is 13.5. The van der Waals surface area contributed by atoms with Crippen molar-refractivity contribution in [3.63, 3.8) is 0 Å². The molecule has 1 aliphatic heterocycles. The van der Waals surface area contributed by atoms with Gasteiger partial charge < -0.3 is 0 Å². The van der Waals surface area contributed by atoms with Gasteiger partial charge in [0.2, 0.25) is 10.0 Å². The van der Waals surface area contributed by atoms with E-state index in [0.717, 1.165) is 12.0 Å². The number of sulfonamides is 1. The van der Waals surface area contributed by atoms with Crippen molar-refractivity contribution in [2.75, 3.05) is 6.54 Å². The van der Waals surface area contributed by atoms with E-state index in [9.17, 15) is 8.42 Å². The maximum Gasteiger partial charge on any atom is 0.245 e. The number of halogens is 1. The van der Waals surface area contributed by atoms with E-state index in [1.54, 1.807) is 30.5 Å².